The zero-order chi connectivity index (χ0) is 12.1. The minimum Gasteiger partial charge on any atom is -0.325 e. The molecule has 2 rings (SSSR count). The van der Waals surface area contributed by atoms with Crippen LogP contribution in [0, 0.1) is 6.92 Å². The number of hydrogen-bond acceptors (Lipinski definition) is 2. The number of anilines is 1. The summed E-state index contributed by atoms with van der Waals surface area (Å²) < 4.78 is 0. The van der Waals surface area contributed by atoms with E-state index in [0.717, 1.165) is 11.3 Å². The highest BCUT2D eigenvalue weighted by Crippen LogP contribution is 2.17. The first-order valence-corrected chi connectivity index (χ1v) is 6.34. The maximum Gasteiger partial charge on any atom is 0.238 e. The molecule has 1 fully saturated rings. The summed E-state index contributed by atoms with van der Waals surface area (Å²) in [5, 5.41) is 6.24. The van der Waals surface area contributed by atoms with Crippen LogP contribution in [0.1, 0.15) is 31.2 Å². The minimum atomic E-state index is 0.0474. The van der Waals surface area contributed by atoms with E-state index in [1.165, 1.54) is 25.7 Å². The Morgan fingerprint density at radius 2 is 2.00 bits per heavy atom. The van der Waals surface area contributed by atoms with E-state index < -0.39 is 0 Å². The molecule has 0 unspecified atom stereocenters. The number of aryl methyl sites for hydroxylation is 1. The molecule has 1 aliphatic rings. The molecule has 0 heterocycles. The van der Waals surface area contributed by atoms with Crippen molar-refractivity contribution in [3.05, 3.63) is 29.8 Å². The third-order valence-corrected chi connectivity index (χ3v) is 3.33. The van der Waals surface area contributed by atoms with E-state index >= 15 is 0 Å². The van der Waals surface area contributed by atoms with E-state index in [1.807, 2.05) is 31.2 Å². The predicted octanol–water partition coefficient (Wildman–Crippen LogP) is 2.47. The van der Waals surface area contributed by atoms with Crippen LogP contribution >= 0.6 is 0 Å². The molecule has 3 nitrogen and oxygen atoms in total. The fourth-order valence-electron chi connectivity index (χ4n) is 2.27. The lowest BCUT2D eigenvalue weighted by Crippen LogP contribution is -2.34. The molecular weight excluding hydrogens is 212 g/mol. The van der Waals surface area contributed by atoms with Gasteiger partial charge in [-0.3, -0.25) is 4.79 Å². The summed E-state index contributed by atoms with van der Waals surface area (Å²) in [5.41, 5.74) is 2.01. The molecule has 1 saturated carbocycles. The number of amides is 1. The molecule has 17 heavy (non-hydrogen) atoms. The number of benzene rings is 1. The Kier molecular flexibility index (Phi) is 4.15. The molecule has 1 aromatic rings. The van der Waals surface area contributed by atoms with Crippen LogP contribution in [0.15, 0.2) is 24.3 Å². The number of hydrogen-bond donors (Lipinski definition) is 2. The van der Waals surface area contributed by atoms with E-state index in [1.54, 1.807) is 0 Å². The first-order valence-electron chi connectivity index (χ1n) is 6.34. The molecule has 0 atom stereocenters. The van der Waals surface area contributed by atoms with Crippen LogP contribution in [0.5, 0.6) is 0 Å². The van der Waals surface area contributed by atoms with E-state index in [0.29, 0.717) is 12.6 Å². The van der Waals surface area contributed by atoms with Gasteiger partial charge in [-0.05, 0) is 31.4 Å². The molecule has 0 saturated heterocycles. The van der Waals surface area contributed by atoms with Crippen molar-refractivity contribution in [2.45, 2.75) is 38.6 Å². The Morgan fingerprint density at radius 3 is 2.71 bits per heavy atom. The molecule has 0 aromatic heterocycles. The summed E-state index contributed by atoms with van der Waals surface area (Å²) in [7, 11) is 0. The molecule has 92 valence electrons. The summed E-state index contributed by atoms with van der Waals surface area (Å²) >= 11 is 0. The van der Waals surface area contributed by atoms with E-state index in [9.17, 15) is 4.79 Å². The highest BCUT2D eigenvalue weighted by Gasteiger charge is 2.15. The highest BCUT2D eigenvalue weighted by molar-refractivity contribution is 5.92. The molecule has 0 bridgehead atoms. The molecule has 3 heteroatoms. The Balaban J connectivity index is 1.79. The summed E-state index contributed by atoms with van der Waals surface area (Å²) in [6.45, 7) is 2.42. The molecule has 1 aromatic carbocycles. The first-order chi connectivity index (χ1) is 8.25. The first kappa shape index (κ1) is 12.1. The van der Waals surface area contributed by atoms with Crippen LogP contribution in [0.2, 0.25) is 0 Å². The van der Waals surface area contributed by atoms with E-state index in [-0.39, 0.29) is 5.91 Å². The summed E-state index contributed by atoms with van der Waals surface area (Å²) in [6, 6.07) is 8.38. The van der Waals surface area contributed by atoms with Gasteiger partial charge in [-0.15, -0.1) is 0 Å². The van der Waals surface area contributed by atoms with Crippen molar-refractivity contribution >= 4 is 11.6 Å². The fraction of sp³-hybridized carbons (Fsp3) is 0.500. The highest BCUT2D eigenvalue weighted by atomic mass is 16.1. The van der Waals surface area contributed by atoms with Crippen LogP contribution in [-0.4, -0.2) is 18.5 Å². The predicted molar refractivity (Wildman–Crippen MR) is 70.1 cm³/mol. The summed E-state index contributed by atoms with van der Waals surface area (Å²) in [5.74, 6) is 0.0474. The molecule has 0 aliphatic heterocycles. The second-order valence-corrected chi connectivity index (χ2v) is 4.73. The van der Waals surface area contributed by atoms with Gasteiger partial charge >= 0.3 is 0 Å². The molecule has 2 N–H and O–H groups in total. The van der Waals surface area contributed by atoms with Gasteiger partial charge in [-0.1, -0.05) is 31.0 Å². The second kappa shape index (κ2) is 5.82. The van der Waals surface area contributed by atoms with Crippen LogP contribution in [0.3, 0.4) is 0 Å². The topological polar surface area (TPSA) is 41.1 Å². The molecule has 1 amide bonds. The number of nitrogens with one attached hydrogen (secondary N) is 2. The number of para-hydroxylation sites is 1. The van der Waals surface area contributed by atoms with Crippen LogP contribution in [0.4, 0.5) is 5.69 Å². The third-order valence-electron chi connectivity index (χ3n) is 3.33. The van der Waals surface area contributed by atoms with Crippen LogP contribution in [-0.2, 0) is 4.79 Å². The van der Waals surface area contributed by atoms with Crippen LogP contribution < -0.4 is 10.6 Å². The van der Waals surface area contributed by atoms with Crippen molar-refractivity contribution in [2.75, 3.05) is 11.9 Å². The average Bonchev–Trinajstić information content (AvgIpc) is 2.82. The van der Waals surface area contributed by atoms with Crippen molar-refractivity contribution in [2.24, 2.45) is 0 Å². The quantitative estimate of drug-likeness (QED) is 0.837. The van der Waals surface area contributed by atoms with Crippen molar-refractivity contribution in [3.63, 3.8) is 0 Å². The lowest BCUT2D eigenvalue weighted by Gasteiger charge is -2.12. The Bertz CT molecular complexity index is 384. The van der Waals surface area contributed by atoms with Crippen molar-refractivity contribution in [3.8, 4) is 0 Å². The molecular formula is C14H20N2O. The number of rotatable bonds is 4. The molecule has 0 radical (unpaired) electrons. The lowest BCUT2D eigenvalue weighted by molar-refractivity contribution is -0.115. The van der Waals surface area contributed by atoms with E-state index in [4.69, 9.17) is 0 Å². The number of carbonyl (C=O) groups is 1. The SMILES string of the molecule is Cc1ccccc1NC(=O)CNC1CCCC1. The third kappa shape index (κ3) is 3.56. The second-order valence-electron chi connectivity index (χ2n) is 4.73. The van der Waals surface area contributed by atoms with Gasteiger partial charge in [0, 0.05) is 11.7 Å². The van der Waals surface area contributed by atoms with Crippen molar-refractivity contribution < 1.29 is 4.79 Å². The fourth-order valence-corrected chi connectivity index (χ4v) is 2.27. The number of carbonyl (C=O) groups excluding carboxylic acids is 1. The van der Waals surface area contributed by atoms with Gasteiger partial charge in [-0.25, -0.2) is 0 Å². The van der Waals surface area contributed by atoms with Crippen molar-refractivity contribution in [1.29, 1.82) is 0 Å². The standard InChI is InChI=1S/C14H20N2O/c1-11-6-2-5-9-13(11)16-14(17)10-15-12-7-3-4-8-12/h2,5-6,9,12,15H,3-4,7-8,10H2,1H3,(H,16,17). The molecule has 0 spiro atoms. The maximum atomic E-state index is 11.7. The van der Waals surface area contributed by atoms with Crippen LogP contribution in [0.25, 0.3) is 0 Å². The van der Waals surface area contributed by atoms with Crippen molar-refractivity contribution in [1.82, 2.24) is 5.32 Å². The Hall–Kier alpha value is -1.35. The zero-order valence-corrected chi connectivity index (χ0v) is 10.3. The minimum absolute atomic E-state index is 0.0474. The summed E-state index contributed by atoms with van der Waals surface area (Å²) in [4.78, 5) is 11.7. The zero-order valence-electron chi connectivity index (χ0n) is 10.3. The summed E-state index contributed by atoms with van der Waals surface area (Å²) in [6.07, 6.45) is 4.99. The van der Waals surface area contributed by atoms with Gasteiger partial charge in [0.2, 0.25) is 5.91 Å². The molecule has 1 aliphatic carbocycles. The van der Waals surface area contributed by atoms with E-state index in [2.05, 4.69) is 10.6 Å². The van der Waals surface area contributed by atoms with Gasteiger partial charge < -0.3 is 10.6 Å². The lowest BCUT2D eigenvalue weighted by atomic mass is 10.2. The smallest absolute Gasteiger partial charge is 0.238 e. The normalized spacial score (nSPS) is 16.1. The van der Waals surface area contributed by atoms with Gasteiger partial charge in [0.15, 0.2) is 0 Å². The Labute approximate surface area is 103 Å². The maximum absolute atomic E-state index is 11.7. The van der Waals surface area contributed by atoms with Gasteiger partial charge in [0.25, 0.3) is 0 Å². The van der Waals surface area contributed by atoms with Gasteiger partial charge in [-0.2, -0.15) is 0 Å². The average molecular weight is 232 g/mol. The van der Waals surface area contributed by atoms with Gasteiger partial charge in [0.1, 0.15) is 0 Å². The van der Waals surface area contributed by atoms with Gasteiger partial charge in [0.05, 0.1) is 6.54 Å². The monoisotopic (exact) mass is 232 g/mol. The largest absolute Gasteiger partial charge is 0.325 e. The Morgan fingerprint density at radius 1 is 1.29 bits per heavy atom.